The van der Waals surface area contributed by atoms with Crippen molar-refractivity contribution < 1.29 is 64.2 Å². The highest BCUT2D eigenvalue weighted by Gasteiger charge is 2.46. The van der Waals surface area contributed by atoms with E-state index in [0.717, 1.165) is 59.1 Å². The molecule has 1 atom stereocenters. The maximum absolute atomic E-state index is 14.2. The van der Waals surface area contributed by atoms with Crippen LogP contribution in [0.2, 0.25) is 0 Å². The maximum atomic E-state index is 14.2. The Kier molecular flexibility index (Phi) is 13.0. The summed E-state index contributed by atoms with van der Waals surface area (Å²) in [7, 11) is 0. The van der Waals surface area contributed by atoms with Gasteiger partial charge in [-0.1, -0.05) is 112 Å². The van der Waals surface area contributed by atoms with Gasteiger partial charge in [0.2, 0.25) is 29.1 Å². The zero-order chi connectivity index (χ0) is 53.0. The van der Waals surface area contributed by atoms with Crippen LogP contribution < -0.4 is 0 Å². The molecule has 8 aromatic rings. The highest BCUT2D eigenvalue weighted by Crippen LogP contribution is 2.50. The molecule has 2 saturated carbocycles. The lowest BCUT2D eigenvalue weighted by Crippen LogP contribution is -2.31. The number of rotatable bonds is 12. The van der Waals surface area contributed by atoms with E-state index in [2.05, 4.69) is 31.5 Å². The highest BCUT2D eigenvalue weighted by molar-refractivity contribution is 5.81. The number of nitrogens with zero attached hydrogens (tertiary/aromatic N) is 5. The summed E-state index contributed by atoms with van der Waals surface area (Å²) in [4.78, 5) is 25.9. The van der Waals surface area contributed by atoms with Gasteiger partial charge in [0.1, 0.15) is 33.9 Å². The largest absolute Gasteiger partial charge is 0.481 e. The molecule has 76 heavy (non-hydrogen) atoms. The van der Waals surface area contributed by atoms with Crippen molar-refractivity contribution in [2.45, 2.75) is 89.0 Å². The van der Waals surface area contributed by atoms with E-state index < -0.39 is 46.9 Å². The van der Waals surface area contributed by atoms with Gasteiger partial charge in [-0.3, -0.25) is 9.59 Å². The SMILES string of the molecule is O=C(O)C1CC(CCc2ccc3c(c2)CCc2c-3noc2-c2onc(-c3ccccc3)c2C(F)(F)F)C1.[C-]#[N+]C(CC1CC(C(=O)O)C1)c1ccc2c(c1)CCc1c-2noc1-c1onc(-c2ccccc2)c1C(F)(F)F. The van der Waals surface area contributed by atoms with Gasteiger partial charge in [-0.2, -0.15) is 26.3 Å². The summed E-state index contributed by atoms with van der Waals surface area (Å²) in [6, 6.07) is 27.4. The molecule has 0 saturated heterocycles. The first-order valence-electron chi connectivity index (χ1n) is 24.8. The van der Waals surface area contributed by atoms with Crippen molar-refractivity contribution >= 4 is 11.9 Å². The third kappa shape index (κ3) is 9.45. The summed E-state index contributed by atoms with van der Waals surface area (Å²) in [5, 5.41) is 33.9. The first-order valence-corrected chi connectivity index (χ1v) is 24.8. The average molecular weight is 1040 g/mol. The molecule has 4 aromatic heterocycles. The Bertz CT molecular complexity index is 3520. The second kappa shape index (κ2) is 19.8. The summed E-state index contributed by atoms with van der Waals surface area (Å²) in [5.41, 5.74) is 5.67. The number of aliphatic carboxylic acids is 2. The third-order valence-corrected chi connectivity index (χ3v) is 15.2. The summed E-state index contributed by atoms with van der Waals surface area (Å²) >= 11 is 0. The van der Waals surface area contributed by atoms with Crippen LogP contribution in [0.5, 0.6) is 0 Å². The minimum atomic E-state index is -4.73. The molecule has 12 rings (SSSR count). The smallest absolute Gasteiger partial charge is 0.422 e. The molecule has 0 amide bonds. The molecule has 1 unspecified atom stereocenters. The van der Waals surface area contributed by atoms with E-state index >= 15 is 0 Å². The Morgan fingerprint density at radius 3 is 1.50 bits per heavy atom. The summed E-state index contributed by atoms with van der Waals surface area (Å²) in [5.74, 6) is -2.46. The predicted octanol–water partition coefficient (Wildman–Crippen LogP) is 14.1. The van der Waals surface area contributed by atoms with Gasteiger partial charge < -0.3 is 33.2 Å². The Labute approximate surface area is 429 Å². The van der Waals surface area contributed by atoms with Crippen molar-refractivity contribution in [1.82, 2.24) is 20.6 Å². The van der Waals surface area contributed by atoms with Crippen LogP contribution in [-0.2, 0) is 54.0 Å². The number of benzene rings is 4. The lowest BCUT2D eigenvalue weighted by atomic mass is 9.71. The number of carboxylic acid groups (broad SMARTS) is 2. The van der Waals surface area contributed by atoms with Gasteiger partial charge in [-0.15, -0.1) is 0 Å². The minimum absolute atomic E-state index is 0.0373. The minimum Gasteiger partial charge on any atom is -0.481 e. The Morgan fingerprint density at radius 1 is 0.579 bits per heavy atom. The normalized spacial score (nSPS) is 18.8. The molecule has 19 heteroatoms. The van der Waals surface area contributed by atoms with Gasteiger partial charge >= 0.3 is 24.3 Å². The van der Waals surface area contributed by atoms with Crippen molar-refractivity contribution in [3.05, 3.63) is 153 Å². The van der Waals surface area contributed by atoms with Gasteiger partial charge in [0.25, 0.3) is 0 Å². The van der Waals surface area contributed by atoms with E-state index in [4.69, 9.17) is 34.9 Å². The summed E-state index contributed by atoms with van der Waals surface area (Å²) in [6.45, 7) is 7.69. The number of hydrogen-bond donors (Lipinski definition) is 2. The van der Waals surface area contributed by atoms with E-state index in [1.54, 1.807) is 48.5 Å². The maximum Gasteiger partial charge on any atom is 0.422 e. The van der Waals surface area contributed by atoms with Crippen LogP contribution in [0.1, 0.15) is 89.1 Å². The fraction of sp³-hybridized carbons (Fsp3) is 0.316. The number of carboxylic acids is 2. The highest BCUT2D eigenvalue weighted by atomic mass is 19.4. The topological polar surface area (TPSA) is 183 Å². The molecule has 0 spiro atoms. The van der Waals surface area contributed by atoms with Gasteiger partial charge in [0.15, 0.2) is 0 Å². The molecule has 4 heterocycles. The van der Waals surface area contributed by atoms with Crippen LogP contribution in [0.15, 0.2) is 115 Å². The molecule has 4 aliphatic carbocycles. The van der Waals surface area contributed by atoms with Crippen molar-refractivity contribution in [3.63, 3.8) is 0 Å². The standard InChI is InChI=1S/C29H22F3N3O4.C28H23F3N2O4/c1-33-22(13-15-11-19(12-15)28(36)37)18-8-9-20-17(14-18)7-10-21-25(20)35-38-26(21)27-23(29(30,31)32)24(34-39-27)16-5-3-2-4-6-16;29-28(30,31)22-23(17-4-2-1-3-5-17)32-37-26(22)25-21-11-9-18-12-15(8-10-20(18)24(21)33-36-25)6-7-16-13-19(14-16)27(34)35/h2-6,8-9,14-15,19,22H,7,10-13H2,(H,36,37);1-5,8,10,12,16,19H,6-7,9,11,13-14H2,(H,34,35). The number of alkyl halides is 6. The lowest BCUT2D eigenvalue weighted by Gasteiger charge is -2.32. The second-order valence-corrected chi connectivity index (χ2v) is 19.9. The van der Waals surface area contributed by atoms with E-state index in [1.165, 1.54) is 12.1 Å². The number of halogens is 6. The number of aromatic nitrogens is 4. The molecule has 388 valence electrons. The molecule has 4 aromatic carbocycles. The van der Waals surface area contributed by atoms with E-state index in [1.807, 2.05) is 30.3 Å². The molecule has 2 N–H and O–H groups in total. The van der Waals surface area contributed by atoms with Crippen LogP contribution >= 0.6 is 0 Å². The molecule has 0 radical (unpaired) electrons. The quantitative estimate of drug-likeness (QED) is 0.0873. The van der Waals surface area contributed by atoms with Crippen molar-refractivity contribution in [1.29, 1.82) is 0 Å². The van der Waals surface area contributed by atoms with Gasteiger partial charge in [0.05, 0.1) is 11.8 Å². The monoisotopic (exact) mass is 1040 g/mol. The Morgan fingerprint density at radius 2 is 1.03 bits per heavy atom. The molecular formula is C57H45F6N5O8. The zero-order valence-corrected chi connectivity index (χ0v) is 40.3. The first kappa shape index (κ1) is 49.9. The van der Waals surface area contributed by atoms with E-state index in [-0.39, 0.29) is 52.3 Å². The molecular weight excluding hydrogens is 997 g/mol. The second-order valence-electron chi connectivity index (χ2n) is 19.9. The first-order chi connectivity index (χ1) is 36.5. The van der Waals surface area contributed by atoms with Gasteiger partial charge in [-0.25, -0.2) is 6.57 Å². The summed E-state index contributed by atoms with van der Waals surface area (Å²) in [6.07, 6.45) is -2.38. The molecule has 0 aliphatic heterocycles. The zero-order valence-electron chi connectivity index (χ0n) is 40.3. The van der Waals surface area contributed by atoms with Gasteiger partial charge in [-0.05, 0) is 98.8 Å². The van der Waals surface area contributed by atoms with E-state index in [9.17, 15) is 35.9 Å². The third-order valence-electron chi connectivity index (χ3n) is 15.2. The Hall–Kier alpha value is -8.27. The molecule has 13 nitrogen and oxygen atoms in total. The van der Waals surface area contributed by atoms with Crippen LogP contribution in [0, 0.1) is 30.2 Å². The van der Waals surface area contributed by atoms with Crippen LogP contribution in [-0.4, -0.2) is 42.8 Å². The number of aryl methyl sites for hydroxylation is 3. The predicted molar refractivity (Wildman–Crippen MR) is 261 cm³/mol. The number of fused-ring (bicyclic) bond motifs is 6. The van der Waals surface area contributed by atoms with Gasteiger partial charge in [0, 0.05) is 45.4 Å². The van der Waals surface area contributed by atoms with Crippen LogP contribution in [0.4, 0.5) is 26.3 Å². The van der Waals surface area contributed by atoms with E-state index in [0.29, 0.717) is 78.9 Å². The van der Waals surface area contributed by atoms with Crippen molar-refractivity contribution in [2.75, 3.05) is 0 Å². The van der Waals surface area contributed by atoms with Crippen LogP contribution in [0.3, 0.4) is 0 Å². The molecule has 0 bridgehead atoms. The average Bonchev–Trinajstić information content (AvgIpc) is 4.24. The Balaban J connectivity index is 0.000000162. The van der Waals surface area contributed by atoms with Crippen molar-refractivity contribution in [2.24, 2.45) is 23.7 Å². The number of hydrogen-bond acceptors (Lipinski definition) is 10. The number of carbonyl (C=O) groups is 2. The fourth-order valence-corrected chi connectivity index (χ4v) is 11.1. The van der Waals surface area contributed by atoms with Crippen molar-refractivity contribution in [3.8, 4) is 68.1 Å². The fourth-order valence-electron chi connectivity index (χ4n) is 11.1. The summed E-state index contributed by atoms with van der Waals surface area (Å²) < 4.78 is 107. The molecule has 2 fully saturated rings. The van der Waals surface area contributed by atoms with Crippen LogP contribution in [0.25, 0.3) is 72.9 Å². The lowest BCUT2D eigenvalue weighted by molar-refractivity contribution is -0.147. The molecule has 4 aliphatic rings.